The van der Waals surface area contributed by atoms with Crippen LogP contribution in [0.5, 0.6) is 0 Å². The molecule has 0 saturated heterocycles. The Labute approximate surface area is 107 Å². The third-order valence-electron chi connectivity index (χ3n) is 2.80. The van der Waals surface area contributed by atoms with Crippen LogP contribution >= 0.6 is 0 Å². The largest absolute Gasteiger partial charge is 0.477 e. The summed E-state index contributed by atoms with van der Waals surface area (Å²) in [6.07, 6.45) is 1.24. The molecule has 5 nitrogen and oxygen atoms in total. The van der Waals surface area contributed by atoms with Gasteiger partial charge in [-0.2, -0.15) is 5.10 Å². The normalized spacial score (nSPS) is 12.1. The second-order valence-electron chi connectivity index (χ2n) is 4.03. The number of benzene rings is 1. The van der Waals surface area contributed by atoms with Crippen LogP contribution in [0.15, 0.2) is 41.3 Å². The highest BCUT2D eigenvalue weighted by molar-refractivity contribution is 5.86. The van der Waals surface area contributed by atoms with Crippen molar-refractivity contribution in [2.75, 3.05) is 0 Å². The fourth-order valence-corrected chi connectivity index (χ4v) is 1.77. The maximum absolute atomic E-state index is 13.1. The van der Waals surface area contributed by atoms with E-state index in [0.29, 0.717) is 5.56 Å². The number of hydrogen-bond acceptors (Lipinski definition) is 3. The maximum Gasteiger partial charge on any atom is 0.341 e. The number of carbonyl (C=O) groups is 1. The number of carboxylic acid groups (broad SMARTS) is 1. The first kappa shape index (κ1) is 12.9. The highest BCUT2D eigenvalue weighted by Gasteiger charge is 2.16. The number of hydrogen-bond donors (Lipinski definition) is 1. The van der Waals surface area contributed by atoms with Crippen molar-refractivity contribution in [2.24, 2.45) is 0 Å². The Balaban J connectivity index is 2.51. The molecule has 1 aromatic carbocycles. The molecule has 2 rings (SSSR count). The average Bonchev–Trinajstić information content (AvgIpc) is 2.38. The fraction of sp³-hybridized carbons (Fsp3) is 0.154. The molecule has 6 heteroatoms. The van der Waals surface area contributed by atoms with Gasteiger partial charge in [0.05, 0.1) is 6.04 Å². The second-order valence-corrected chi connectivity index (χ2v) is 4.03. The van der Waals surface area contributed by atoms with E-state index < -0.39 is 23.4 Å². The van der Waals surface area contributed by atoms with Crippen LogP contribution in [0.3, 0.4) is 0 Å². The van der Waals surface area contributed by atoms with Crippen molar-refractivity contribution in [1.82, 2.24) is 9.78 Å². The number of carboxylic acids is 1. The van der Waals surface area contributed by atoms with Crippen LogP contribution in [0.1, 0.15) is 28.9 Å². The molecule has 1 heterocycles. The zero-order chi connectivity index (χ0) is 14.0. The van der Waals surface area contributed by atoms with Crippen molar-refractivity contribution < 1.29 is 14.3 Å². The third kappa shape index (κ3) is 2.52. The van der Waals surface area contributed by atoms with E-state index in [1.807, 2.05) is 0 Å². The van der Waals surface area contributed by atoms with Crippen molar-refractivity contribution >= 4 is 5.97 Å². The molecular weight excluding hydrogens is 251 g/mol. The molecule has 0 spiro atoms. The fourth-order valence-electron chi connectivity index (χ4n) is 1.77. The zero-order valence-corrected chi connectivity index (χ0v) is 10.1. The van der Waals surface area contributed by atoms with Crippen molar-refractivity contribution in [2.45, 2.75) is 13.0 Å². The van der Waals surface area contributed by atoms with E-state index in [-0.39, 0.29) is 5.56 Å². The molecule has 1 aromatic heterocycles. The summed E-state index contributed by atoms with van der Waals surface area (Å²) in [6.45, 7) is 1.65. The molecule has 1 atom stereocenters. The first-order valence-electron chi connectivity index (χ1n) is 5.57. The number of nitrogens with zero attached hydrogens (tertiary/aromatic N) is 2. The van der Waals surface area contributed by atoms with E-state index in [2.05, 4.69) is 5.10 Å². The highest BCUT2D eigenvalue weighted by atomic mass is 19.1. The summed E-state index contributed by atoms with van der Waals surface area (Å²) in [5, 5.41) is 12.7. The van der Waals surface area contributed by atoms with Gasteiger partial charge in [-0.15, -0.1) is 0 Å². The van der Waals surface area contributed by atoms with Crippen LogP contribution in [0, 0.1) is 5.82 Å². The molecule has 0 aliphatic heterocycles. The molecule has 0 unspecified atom stereocenters. The average molecular weight is 262 g/mol. The van der Waals surface area contributed by atoms with Crippen LogP contribution < -0.4 is 5.56 Å². The van der Waals surface area contributed by atoms with Crippen molar-refractivity contribution in [1.29, 1.82) is 0 Å². The van der Waals surface area contributed by atoms with Crippen molar-refractivity contribution in [3.63, 3.8) is 0 Å². The van der Waals surface area contributed by atoms with E-state index in [9.17, 15) is 14.0 Å². The predicted octanol–water partition coefficient (Wildman–Crippen LogP) is 1.69. The summed E-state index contributed by atoms with van der Waals surface area (Å²) in [5.74, 6) is -1.74. The summed E-state index contributed by atoms with van der Waals surface area (Å²) >= 11 is 0. The quantitative estimate of drug-likeness (QED) is 0.913. The molecule has 0 saturated carbocycles. The monoisotopic (exact) mass is 262 g/mol. The van der Waals surface area contributed by atoms with E-state index in [1.165, 1.54) is 24.4 Å². The topological polar surface area (TPSA) is 72.2 Å². The molecule has 98 valence electrons. The van der Waals surface area contributed by atoms with Gasteiger partial charge in [0.2, 0.25) is 0 Å². The van der Waals surface area contributed by atoms with E-state index in [0.717, 1.165) is 10.7 Å². The Hall–Kier alpha value is -2.50. The SMILES string of the molecule is C[C@H](c1cccc(F)c1)n1nccc(C(=O)O)c1=O. The minimum Gasteiger partial charge on any atom is -0.477 e. The minimum atomic E-state index is -1.31. The van der Waals surface area contributed by atoms with Crippen LogP contribution in [-0.4, -0.2) is 20.9 Å². The van der Waals surface area contributed by atoms with Gasteiger partial charge in [-0.05, 0) is 30.7 Å². The van der Waals surface area contributed by atoms with Gasteiger partial charge in [-0.3, -0.25) is 4.79 Å². The molecule has 0 bridgehead atoms. The Morgan fingerprint density at radius 1 is 1.42 bits per heavy atom. The summed E-state index contributed by atoms with van der Waals surface area (Å²) in [5.41, 5.74) is -0.540. The molecule has 19 heavy (non-hydrogen) atoms. The van der Waals surface area contributed by atoms with Gasteiger partial charge < -0.3 is 5.11 Å². The van der Waals surface area contributed by atoms with Gasteiger partial charge in [-0.25, -0.2) is 13.9 Å². The maximum atomic E-state index is 13.1. The summed E-state index contributed by atoms with van der Waals surface area (Å²) in [4.78, 5) is 22.8. The first-order chi connectivity index (χ1) is 9.00. The third-order valence-corrected chi connectivity index (χ3v) is 2.80. The molecule has 0 radical (unpaired) electrons. The van der Waals surface area contributed by atoms with Gasteiger partial charge in [-0.1, -0.05) is 12.1 Å². The standard InChI is InChI=1S/C13H11FN2O3/c1-8(9-3-2-4-10(14)7-9)16-12(17)11(13(18)19)5-6-15-16/h2-8H,1H3,(H,18,19)/t8-/m1/s1. The zero-order valence-electron chi connectivity index (χ0n) is 10.1. The van der Waals surface area contributed by atoms with Gasteiger partial charge in [0.15, 0.2) is 0 Å². The smallest absolute Gasteiger partial charge is 0.341 e. The lowest BCUT2D eigenvalue weighted by Gasteiger charge is -2.14. The number of aromatic carboxylic acids is 1. The predicted molar refractivity (Wildman–Crippen MR) is 65.7 cm³/mol. The number of aromatic nitrogens is 2. The Kier molecular flexibility index (Phi) is 3.41. The van der Waals surface area contributed by atoms with E-state index in [4.69, 9.17) is 5.11 Å². The van der Waals surface area contributed by atoms with Crippen LogP contribution in [0.25, 0.3) is 0 Å². The van der Waals surface area contributed by atoms with Gasteiger partial charge in [0.1, 0.15) is 11.4 Å². The van der Waals surface area contributed by atoms with Crippen molar-refractivity contribution in [3.8, 4) is 0 Å². The van der Waals surface area contributed by atoms with Crippen molar-refractivity contribution in [3.05, 3.63) is 63.8 Å². The highest BCUT2D eigenvalue weighted by Crippen LogP contribution is 2.16. The molecule has 0 fully saturated rings. The minimum absolute atomic E-state index is 0.363. The lowest BCUT2D eigenvalue weighted by molar-refractivity contribution is 0.0693. The first-order valence-corrected chi connectivity index (χ1v) is 5.57. The Morgan fingerprint density at radius 2 is 2.16 bits per heavy atom. The second kappa shape index (κ2) is 5.01. The number of halogens is 1. The molecule has 0 aliphatic carbocycles. The lowest BCUT2D eigenvalue weighted by Crippen LogP contribution is -2.30. The Bertz CT molecular complexity index is 682. The van der Waals surface area contributed by atoms with Gasteiger partial charge in [0, 0.05) is 6.20 Å². The number of rotatable bonds is 3. The molecular formula is C13H11FN2O3. The Morgan fingerprint density at radius 3 is 2.79 bits per heavy atom. The molecule has 0 aliphatic rings. The lowest BCUT2D eigenvalue weighted by atomic mass is 10.1. The van der Waals surface area contributed by atoms with E-state index in [1.54, 1.807) is 13.0 Å². The molecule has 2 aromatic rings. The summed E-state index contributed by atoms with van der Waals surface area (Å²) in [6, 6.07) is 6.33. The van der Waals surface area contributed by atoms with Gasteiger partial charge in [0.25, 0.3) is 5.56 Å². The molecule has 1 N–H and O–H groups in total. The molecule has 0 amide bonds. The summed E-state index contributed by atoms with van der Waals surface area (Å²) < 4.78 is 14.2. The summed E-state index contributed by atoms with van der Waals surface area (Å²) in [7, 11) is 0. The van der Waals surface area contributed by atoms with Gasteiger partial charge >= 0.3 is 5.97 Å². The van der Waals surface area contributed by atoms with E-state index >= 15 is 0 Å². The van der Waals surface area contributed by atoms with Crippen LogP contribution in [0.4, 0.5) is 4.39 Å². The van der Waals surface area contributed by atoms with Crippen LogP contribution in [0.2, 0.25) is 0 Å². The van der Waals surface area contributed by atoms with Crippen LogP contribution in [-0.2, 0) is 0 Å².